The highest BCUT2D eigenvalue weighted by molar-refractivity contribution is 5.95. The summed E-state index contributed by atoms with van der Waals surface area (Å²) in [7, 11) is 2.30. The number of rotatable bonds is 5. The first-order valence-electron chi connectivity index (χ1n) is 11.2. The van der Waals surface area contributed by atoms with Crippen LogP contribution in [0.3, 0.4) is 0 Å². The molecule has 0 unspecified atom stereocenters. The molecule has 0 spiro atoms. The van der Waals surface area contributed by atoms with Crippen LogP contribution in [0.2, 0.25) is 0 Å². The zero-order valence-electron chi connectivity index (χ0n) is 18.6. The van der Waals surface area contributed by atoms with Crippen molar-refractivity contribution in [2.45, 2.75) is 43.8 Å². The fraction of sp³-hybridized carbons (Fsp3) is 0.308. The third-order valence-corrected chi connectivity index (χ3v) is 6.63. The number of anilines is 1. The minimum Gasteiger partial charge on any atom is -0.478 e. The number of nitrogens with one attached hydrogen (secondary N) is 2. The summed E-state index contributed by atoms with van der Waals surface area (Å²) in [6.07, 6.45) is 8.43. The van der Waals surface area contributed by atoms with Crippen LogP contribution in [0.15, 0.2) is 66.9 Å². The van der Waals surface area contributed by atoms with Crippen molar-refractivity contribution < 1.29 is 19.8 Å². The minimum absolute atomic E-state index is 0.558. The molecule has 4 N–H and O–H groups in total. The molecule has 3 atom stereocenters. The number of carbonyl (C=O) groups is 2. The predicted octanol–water partition coefficient (Wildman–Crippen LogP) is 4.58. The van der Waals surface area contributed by atoms with Gasteiger partial charge in [-0.2, -0.15) is 0 Å². The van der Waals surface area contributed by atoms with E-state index >= 15 is 0 Å². The van der Waals surface area contributed by atoms with Gasteiger partial charge in [0.05, 0.1) is 0 Å². The fourth-order valence-electron chi connectivity index (χ4n) is 4.99. The Morgan fingerprint density at radius 3 is 2.21 bits per heavy atom. The molecule has 0 radical (unpaired) electrons. The van der Waals surface area contributed by atoms with E-state index in [0.717, 1.165) is 12.1 Å². The summed E-state index contributed by atoms with van der Waals surface area (Å²) in [5.74, 6) is -2.51. The van der Waals surface area contributed by atoms with Crippen molar-refractivity contribution in [2.24, 2.45) is 0 Å². The van der Waals surface area contributed by atoms with E-state index in [1.54, 1.807) is 0 Å². The first-order chi connectivity index (χ1) is 15.9. The van der Waals surface area contributed by atoms with Crippen molar-refractivity contribution in [1.82, 2.24) is 9.88 Å². The average molecular weight is 448 g/mol. The number of aromatic amines is 1. The minimum atomic E-state index is -1.26. The summed E-state index contributed by atoms with van der Waals surface area (Å²) in [6, 6.07) is 19.7. The molecule has 3 aromatic rings. The Morgan fingerprint density at radius 1 is 0.970 bits per heavy atom. The summed E-state index contributed by atoms with van der Waals surface area (Å²) < 4.78 is 0. The van der Waals surface area contributed by atoms with E-state index in [9.17, 15) is 9.59 Å². The number of fused-ring (bicyclic) bond motifs is 3. The molecule has 2 bridgehead atoms. The molecular weight excluding hydrogens is 418 g/mol. The molecule has 3 heterocycles. The highest BCUT2D eigenvalue weighted by Gasteiger charge is 2.38. The molecule has 0 aliphatic carbocycles. The Bertz CT molecular complexity index is 1120. The molecule has 2 aromatic carbocycles. The van der Waals surface area contributed by atoms with E-state index in [1.807, 2.05) is 6.20 Å². The number of carboxylic acid groups (broad SMARTS) is 2. The van der Waals surface area contributed by atoms with Crippen LogP contribution in [0.4, 0.5) is 5.69 Å². The van der Waals surface area contributed by atoms with Crippen LogP contribution < -0.4 is 5.32 Å². The van der Waals surface area contributed by atoms with Gasteiger partial charge >= 0.3 is 11.9 Å². The van der Waals surface area contributed by atoms with Gasteiger partial charge in [0.25, 0.3) is 0 Å². The van der Waals surface area contributed by atoms with Gasteiger partial charge in [0, 0.05) is 53.1 Å². The molecule has 0 amide bonds. The second-order valence-electron chi connectivity index (χ2n) is 8.69. The zero-order chi connectivity index (χ0) is 23.4. The number of carboxylic acids is 2. The molecule has 2 fully saturated rings. The van der Waals surface area contributed by atoms with E-state index in [2.05, 4.69) is 70.8 Å². The molecular formula is C26H29N3O4. The van der Waals surface area contributed by atoms with Crippen LogP contribution in [-0.2, 0) is 9.59 Å². The third-order valence-electron chi connectivity index (χ3n) is 6.63. The standard InChI is InChI=1S/C22H25N3.C4H4O4/c1-25-18-9-10-19(25)14-17(13-18)24-16-7-5-15(6-8-16)20-3-2-4-22-21(20)11-12-23-22;5-3(6)1-2-4(7)8/h2-8,11-12,17-19,23-24H,9-10,13-14H2,1H3;1-2H,(H,5,6)(H,7,8)/b;2-1+/t17-,18+,19-;. The molecule has 2 aliphatic heterocycles. The number of aliphatic carboxylic acids is 2. The van der Waals surface area contributed by atoms with E-state index < -0.39 is 11.9 Å². The van der Waals surface area contributed by atoms with Crippen molar-refractivity contribution >= 4 is 28.5 Å². The van der Waals surface area contributed by atoms with Crippen LogP contribution in [0.1, 0.15) is 25.7 Å². The predicted molar refractivity (Wildman–Crippen MR) is 129 cm³/mol. The summed E-state index contributed by atoms with van der Waals surface area (Å²) in [5.41, 5.74) is 5.02. The highest BCUT2D eigenvalue weighted by Crippen LogP contribution is 2.36. The summed E-state index contributed by atoms with van der Waals surface area (Å²) >= 11 is 0. The lowest BCUT2D eigenvalue weighted by atomic mass is 9.97. The largest absolute Gasteiger partial charge is 0.478 e. The molecule has 7 nitrogen and oxygen atoms in total. The van der Waals surface area contributed by atoms with Gasteiger partial charge in [0.15, 0.2) is 0 Å². The van der Waals surface area contributed by atoms with Gasteiger partial charge in [-0.3, -0.25) is 0 Å². The van der Waals surface area contributed by atoms with Crippen LogP contribution in [0.25, 0.3) is 22.0 Å². The normalized spacial score (nSPS) is 22.2. The van der Waals surface area contributed by atoms with Gasteiger partial charge in [-0.25, -0.2) is 9.59 Å². The Morgan fingerprint density at radius 2 is 1.61 bits per heavy atom. The quantitative estimate of drug-likeness (QED) is 0.427. The monoisotopic (exact) mass is 447 g/mol. The Hall–Kier alpha value is -3.58. The van der Waals surface area contributed by atoms with Crippen LogP contribution >= 0.6 is 0 Å². The number of hydrogen-bond acceptors (Lipinski definition) is 4. The van der Waals surface area contributed by atoms with Gasteiger partial charge in [0.2, 0.25) is 0 Å². The molecule has 2 saturated heterocycles. The summed E-state index contributed by atoms with van der Waals surface area (Å²) in [5, 5.41) is 20.7. The van der Waals surface area contributed by atoms with Gasteiger partial charge in [-0.1, -0.05) is 24.3 Å². The van der Waals surface area contributed by atoms with Gasteiger partial charge in [-0.05, 0) is 68.1 Å². The number of hydrogen-bond donors (Lipinski definition) is 4. The van der Waals surface area contributed by atoms with E-state index in [0.29, 0.717) is 18.2 Å². The third kappa shape index (κ3) is 5.43. The van der Waals surface area contributed by atoms with Crippen LogP contribution in [-0.4, -0.2) is 57.2 Å². The Kier molecular flexibility index (Phi) is 6.79. The molecule has 0 saturated carbocycles. The molecule has 172 valence electrons. The first-order valence-corrected chi connectivity index (χ1v) is 11.2. The number of nitrogens with zero attached hydrogens (tertiary/aromatic N) is 1. The maximum Gasteiger partial charge on any atom is 0.328 e. The van der Waals surface area contributed by atoms with Crippen molar-refractivity contribution in [3.05, 3.63) is 66.9 Å². The van der Waals surface area contributed by atoms with Crippen LogP contribution in [0, 0.1) is 0 Å². The first kappa shape index (κ1) is 22.6. The molecule has 33 heavy (non-hydrogen) atoms. The van der Waals surface area contributed by atoms with Gasteiger partial charge in [-0.15, -0.1) is 0 Å². The van der Waals surface area contributed by atoms with Crippen molar-refractivity contribution in [2.75, 3.05) is 12.4 Å². The summed E-state index contributed by atoms with van der Waals surface area (Å²) in [6.45, 7) is 0. The Labute approximate surface area is 192 Å². The Balaban J connectivity index is 0.000000281. The SMILES string of the molecule is CN1[C@@H]2CC[C@H]1C[C@@H](Nc1ccc(-c3cccc4[nH]ccc34)cc1)C2.O=C(O)/C=C/C(=O)O. The lowest BCUT2D eigenvalue weighted by Gasteiger charge is -2.37. The maximum absolute atomic E-state index is 9.55. The molecule has 7 heteroatoms. The van der Waals surface area contributed by atoms with Crippen molar-refractivity contribution in [3.63, 3.8) is 0 Å². The smallest absolute Gasteiger partial charge is 0.328 e. The number of H-pyrrole nitrogens is 1. The van der Waals surface area contributed by atoms with E-state index in [1.165, 1.54) is 53.4 Å². The van der Waals surface area contributed by atoms with Crippen LogP contribution in [0.5, 0.6) is 0 Å². The average Bonchev–Trinajstić information content (AvgIpc) is 3.34. The molecule has 1 aromatic heterocycles. The topological polar surface area (TPSA) is 106 Å². The lowest BCUT2D eigenvalue weighted by molar-refractivity contribution is -0.134. The van der Waals surface area contributed by atoms with Gasteiger partial charge < -0.3 is 25.4 Å². The van der Waals surface area contributed by atoms with E-state index in [4.69, 9.17) is 10.2 Å². The lowest BCUT2D eigenvalue weighted by Crippen LogP contribution is -2.44. The number of aromatic nitrogens is 1. The summed E-state index contributed by atoms with van der Waals surface area (Å²) in [4.78, 5) is 25.0. The second kappa shape index (κ2) is 9.92. The highest BCUT2D eigenvalue weighted by atomic mass is 16.4. The zero-order valence-corrected chi connectivity index (χ0v) is 18.6. The number of piperidine rings is 1. The second-order valence-corrected chi connectivity index (χ2v) is 8.69. The molecule has 5 rings (SSSR count). The van der Waals surface area contributed by atoms with Crippen molar-refractivity contribution in [1.29, 1.82) is 0 Å². The fourth-order valence-corrected chi connectivity index (χ4v) is 4.99. The maximum atomic E-state index is 9.55. The van der Waals surface area contributed by atoms with E-state index in [-0.39, 0.29) is 0 Å². The van der Waals surface area contributed by atoms with Crippen molar-refractivity contribution in [3.8, 4) is 11.1 Å². The van der Waals surface area contributed by atoms with Gasteiger partial charge in [0.1, 0.15) is 0 Å². The molecule has 2 aliphatic rings. The number of benzene rings is 2.